The average Bonchev–Trinajstić information content (AvgIpc) is 3.22. The first-order chi connectivity index (χ1) is 10.9. The zero-order valence-corrected chi connectivity index (χ0v) is 14.6. The van der Waals surface area contributed by atoms with Crippen molar-refractivity contribution in [1.29, 1.82) is 0 Å². The van der Waals surface area contributed by atoms with Gasteiger partial charge in [0.05, 0.1) is 17.9 Å². The molecule has 0 atom stereocenters. The van der Waals surface area contributed by atoms with Crippen LogP contribution in [0, 0.1) is 0 Å². The Morgan fingerprint density at radius 1 is 1.35 bits per heavy atom. The molecular formula is C17H17BrN2O3. The van der Waals surface area contributed by atoms with Crippen LogP contribution in [-0.2, 0) is 0 Å². The van der Waals surface area contributed by atoms with Gasteiger partial charge in [-0.15, -0.1) is 0 Å². The summed E-state index contributed by atoms with van der Waals surface area (Å²) in [4.78, 5) is 14.6. The maximum atomic E-state index is 12.9. The molecule has 2 heterocycles. The number of aromatic nitrogens is 1. The van der Waals surface area contributed by atoms with Crippen LogP contribution in [0.1, 0.15) is 48.9 Å². The second-order valence-electron chi connectivity index (χ2n) is 6.76. The van der Waals surface area contributed by atoms with E-state index in [1.54, 1.807) is 11.0 Å². The molecule has 1 saturated carbocycles. The quantitative estimate of drug-likeness (QED) is 0.790. The van der Waals surface area contributed by atoms with Crippen molar-refractivity contribution < 1.29 is 14.1 Å². The van der Waals surface area contributed by atoms with Gasteiger partial charge in [0.25, 0.3) is 5.91 Å². The lowest BCUT2D eigenvalue weighted by atomic mass is 10.0. The van der Waals surface area contributed by atoms with Crippen LogP contribution in [0.4, 0.5) is 5.69 Å². The van der Waals surface area contributed by atoms with E-state index in [1.807, 2.05) is 32.0 Å². The monoisotopic (exact) mass is 376 g/mol. The van der Waals surface area contributed by atoms with Gasteiger partial charge in [-0.2, -0.15) is 0 Å². The van der Waals surface area contributed by atoms with Crippen LogP contribution in [0.2, 0.25) is 0 Å². The molecule has 0 saturated heterocycles. The molecule has 2 aromatic rings. The molecule has 0 bridgehead atoms. The lowest BCUT2D eigenvalue weighted by molar-refractivity contribution is 0.0810. The molecule has 0 spiro atoms. The first-order valence-electron chi connectivity index (χ1n) is 7.70. The second-order valence-corrected chi connectivity index (χ2v) is 7.67. The number of fused-ring (bicyclic) bond motifs is 1. The van der Waals surface area contributed by atoms with Gasteiger partial charge in [0, 0.05) is 16.5 Å². The maximum Gasteiger partial charge on any atom is 0.297 e. The molecule has 5 nitrogen and oxygen atoms in total. The van der Waals surface area contributed by atoms with Crippen molar-refractivity contribution in [3.8, 4) is 5.75 Å². The van der Waals surface area contributed by atoms with Gasteiger partial charge in [0.1, 0.15) is 11.4 Å². The number of carbonyl (C=O) groups is 1. The predicted molar refractivity (Wildman–Crippen MR) is 89.0 cm³/mol. The van der Waals surface area contributed by atoms with Gasteiger partial charge in [0.2, 0.25) is 5.76 Å². The minimum atomic E-state index is -0.469. The third-order valence-corrected chi connectivity index (χ3v) is 4.61. The third kappa shape index (κ3) is 2.76. The van der Waals surface area contributed by atoms with E-state index in [4.69, 9.17) is 9.26 Å². The van der Waals surface area contributed by atoms with Crippen LogP contribution in [-0.4, -0.2) is 23.2 Å². The molecule has 1 fully saturated rings. The van der Waals surface area contributed by atoms with Gasteiger partial charge >= 0.3 is 0 Å². The molecular weight excluding hydrogens is 360 g/mol. The molecule has 1 aliphatic heterocycles. The molecule has 1 amide bonds. The van der Waals surface area contributed by atoms with Crippen LogP contribution in [0.5, 0.6) is 5.75 Å². The summed E-state index contributed by atoms with van der Waals surface area (Å²) >= 11 is 3.44. The summed E-state index contributed by atoms with van der Waals surface area (Å²) in [5, 5.41) is 4.04. The van der Waals surface area contributed by atoms with E-state index in [1.165, 1.54) is 0 Å². The summed E-state index contributed by atoms with van der Waals surface area (Å²) < 4.78 is 12.2. The Labute approximate surface area is 142 Å². The Bertz CT molecular complexity index is 780. The molecule has 1 aliphatic carbocycles. The molecule has 6 heteroatoms. The molecule has 1 aromatic carbocycles. The summed E-state index contributed by atoms with van der Waals surface area (Å²) in [6.07, 6.45) is 2.25. The number of nitrogens with zero attached hydrogens (tertiary/aromatic N) is 2. The number of rotatable bonds is 2. The number of amides is 1. The smallest absolute Gasteiger partial charge is 0.297 e. The number of hydrogen-bond acceptors (Lipinski definition) is 4. The molecule has 1 aromatic heterocycles. The van der Waals surface area contributed by atoms with Crippen molar-refractivity contribution in [1.82, 2.24) is 5.16 Å². The van der Waals surface area contributed by atoms with Crippen molar-refractivity contribution in [2.24, 2.45) is 0 Å². The van der Waals surface area contributed by atoms with Crippen LogP contribution in [0.3, 0.4) is 0 Å². The Hall–Kier alpha value is -1.82. The van der Waals surface area contributed by atoms with Gasteiger partial charge < -0.3 is 9.26 Å². The molecule has 4 rings (SSSR count). The van der Waals surface area contributed by atoms with Gasteiger partial charge in [-0.3, -0.25) is 9.69 Å². The summed E-state index contributed by atoms with van der Waals surface area (Å²) in [7, 11) is 0. The fourth-order valence-corrected chi connectivity index (χ4v) is 3.20. The molecule has 0 unspecified atom stereocenters. The van der Waals surface area contributed by atoms with E-state index in [9.17, 15) is 4.79 Å². The lowest BCUT2D eigenvalue weighted by Crippen LogP contribution is -2.49. The van der Waals surface area contributed by atoms with Gasteiger partial charge in [0.15, 0.2) is 0 Å². The van der Waals surface area contributed by atoms with Crippen molar-refractivity contribution in [3.05, 3.63) is 40.2 Å². The van der Waals surface area contributed by atoms with Crippen LogP contribution >= 0.6 is 15.9 Å². The topological polar surface area (TPSA) is 55.6 Å². The zero-order valence-electron chi connectivity index (χ0n) is 13.0. The number of benzene rings is 1. The van der Waals surface area contributed by atoms with E-state index >= 15 is 0 Å². The van der Waals surface area contributed by atoms with E-state index in [2.05, 4.69) is 21.1 Å². The largest absolute Gasteiger partial charge is 0.484 e. The van der Waals surface area contributed by atoms with Gasteiger partial charge in [-0.1, -0.05) is 21.1 Å². The summed E-state index contributed by atoms with van der Waals surface area (Å²) in [6, 6.07) is 7.44. The number of halogens is 1. The second kappa shape index (κ2) is 5.09. The number of anilines is 1. The van der Waals surface area contributed by atoms with Crippen molar-refractivity contribution in [2.75, 3.05) is 11.4 Å². The van der Waals surface area contributed by atoms with E-state index in [0.717, 1.165) is 28.7 Å². The van der Waals surface area contributed by atoms with Gasteiger partial charge in [-0.05, 0) is 44.9 Å². The van der Waals surface area contributed by atoms with Crippen molar-refractivity contribution >= 4 is 27.5 Å². The standard InChI is InChI=1S/C17H17BrN2O3/c1-17(2)9-20(13-6-5-11(18)7-14(13)22-17)16(21)15-8-12(19-23-15)10-3-4-10/h5-8,10H,3-4,9H2,1-2H3. The summed E-state index contributed by atoms with van der Waals surface area (Å²) in [5.74, 6) is 1.26. The molecule has 0 radical (unpaired) electrons. The first kappa shape index (κ1) is 14.8. The molecule has 2 aliphatic rings. The van der Waals surface area contributed by atoms with E-state index < -0.39 is 5.60 Å². The zero-order chi connectivity index (χ0) is 16.2. The normalized spacial score (nSPS) is 19.2. The van der Waals surface area contributed by atoms with Gasteiger partial charge in [-0.25, -0.2) is 0 Å². The Morgan fingerprint density at radius 3 is 2.87 bits per heavy atom. The highest BCUT2D eigenvalue weighted by Crippen LogP contribution is 2.41. The third-order valence-electron chi connectivity index (χ3n) is 4.12. The Kier molecular flexibility index (Phi) is 3.27. The SMILES string of the molecule is CC1(C)CN(C(=O)c2cc(C3CC3)no2)c2ccc(Br)cc2O1. The number of carbonyl (C=O) groups excluding carboxylic acids is 1. The lowest BCUT2D eigenvalue weighted by Gasteiger charge is -2.39. The molecule has 23 heavy (non-hydrogen) atoms. The minimum absolute atomic E-state index is 0.177. The molecule has 0 N–H and O–H groups in total. The first-order valence-corrected chi connectivity index (χ1v) is 8.49. The predicted octanol–water partition coefficient (Wildman–Crippen LogP) is 4.13. The highest BCUT2D eigenvalue weighted by atomic mass is 79.9. The van der Waals surface area contributed by atoms with Crippen molar-refractivity contribution in [2.45, 2.75) is 38.2 Å². The highest BCUT2D eigenvalue weighted by Gasteiger charge is 2.37. The Morgan fingerprint density at radius 2 is 2.13 bits per heavy atom. The maximum absolute atomic E-state index is 12.9. The highest BCUT2D eigenvalue weighted by molar-refractivity contribution is 9.10. The fraction of sp³-hybridized carbons (Fsp3) is 0.412. The minimum Gasteiger partial charge on any atom is -0.484 e. The van der Waals surface area contributed by atoms with Crippen LogP contribution in [0.25, 0.3) is 0 Å². The van der Waals surface area contributed by atoms with Crippen LogP contribution in [0.15, 0.2) is 33.3 Å². The Balaban J connectivity index is 1.70. The van der Waals surface area contributed by atoms with E-state index in [-0.39, 0.29) is 5.91 Å². The number of hydrogen-bond donors (Lipinski definition) is 0. The summed E-state index contributed by atoms with van der Waals surface area (Å²) in [5.41, 5.74) is 1.17. The number of ether oxygens (including phenoxy) is 1. The van der Waals surface area contributed by atoms with E-state index in [0.29, 0.717) is 24.0 Å². The molecule has 120 valence electrons. The summed E-state index contributed by atoms with van der Waals surface area (Å²) in [6.45, 7) is 4.39. The fourth-order valence-electron chi connectivity index (χ4n) is 2.86. The average molecular weight is 377 g/mol. The van der Waals surface area contributed by atoms with Crippen molar-refractivity contribution in [3.63, 3.8) is 0 Å². The van der Waals surface area contributed by atoms with Crippen LogP contribution < -0.4 is 9.64 Å².